The molecule has 2 heteroatoms. The molecule has 0 N–H and O–H groups in total. The number of allylic oxidation sites excluding steroid dienone is 1. The maximum Gasteiger partial charge on any atom is 0.163 e. The Balaban J connectivity index is 2.28. The molecule has 12 heavy (non-hydrogen) atoms. The number of rotatable bonds is 3. The van der Waals surface area contributed by atoms with E-state index in [9.17, 15) is 0 Å². The summed E-state index contributed by atoms with van der Waals surface area (Å²) in [4.78, 5) is 0. The zero-order valence-corrected chi connectivity index (χ0v) is 8.17. The van der Waals surface area contributed by atoms with Crippen LogP contribution in [0.4, 0.5) is 0 Å². The Kier molecular flexibility index (Phi) is 3.29. The zero-order chi connectivity index (χ0) is 9.03. The van der Waals surface area contributed by atoms with Crippen LogP contribution in [-0.4, -0.2) is 18.5 Å². The lowest BCUT2D eigenvalue weighted by atomic mass is 10.2. The summed E-state index contributed by atoms with van der Waals surface area (Å²) in [5.74, 6) is -0.388. The minimum Gasteiger partial charge on any atom is -0.347 e. The van der Waals surface area contributed by atoms with Gasteiger partial charge in [-0.3, -0.25) is 0 Å². The highest BCUT2D eigenvalue weighted by Crippen LogP contribution is 2.22. The smallest absolute Gasteiger partial charge is 0.163 e. The van der Waals surface area contributed by atoms with Gasteiger partial charge in [0.2, 0.25) is 0 Å². The highest BCUT2D eigenvalue weighted by atomic mass is 16.7. The van der Waals surface area contributed by atoms with Crippen LogP contribution in [0.3, 0.4) is 0 Å². The Morgan fingerprint density at radius 2 is 2.25 bits per heavy atom. The Hall–Kier alpha value is -0.340. The molecule has 1 aliphatic heterocycles. The van der Waals surface area contributed by atoms with E-state index in [0.29, 0.717) is 6.61 Å². The summed E-state index contributed by atoms with van der Waals surface area (Å²) in [5, 5.41) is 0. The molecule has 2 nitrogen and oxygen atoms in total. The molecular weight excluding hydrogens is 152 g/mol. The summed E-state index contributed by atoms with van der Waals surface area (Å²) < 4.78 is 11.0. The molecule has 0 aromatic rings. The number of unbranched alkanes of at least 4 members (excludes halogenated alkanes) is 1. The van der Waals surface area contributed by atoms with E-state index in [4.69, 9.17) is 9.47 Å². The van der Waals surface area contributed by atoms with Gasteiger partial charge >= 0.3 is 0 Å². The molecule has 0 aromatic carbocycles. The molecule has 0 bridgehead atoms. The van der Waals surface area contributed by atoms with Crippen LogP contribution in [0.2, 0.25) is 0 Å². The summed E-state index contributed by atoms with van der Waals surface area (Å²) in [5.41, 5.74) is 0. The van der Waals surface area contributed by atoms with Crippen molar-refractivity contribution in [2.24, 2.45) is 0 Å². The van der Waals surface area contributed by atoms with E-state index in [1.807, 2.05) is 13.8 Å². The fraction of sp³-hybridized carbons (Fsp3) is 0.800. The average Bonchev–Trinajstić information content (AvgIpc) is 2.31. The monoisotopic (exact) mass is 170 g/mol. The lowest BCUT2D eigenvalue weighted by Gasteiger charge is -2.15. The molecule has 1 rings (SSSR count). The highest BCUT2D eigenvalue weighted by Gasteiger charge is 2.30. The van der Waals surface area contributed by atoms with E-state index in [-0.39, 0.29) is 11.9 Å². The summed E-state index contributed by atoms with van der Waals surface area (Å²) in [6.45, 7) is 6.74. The molecule has 0 amide bonds. The van der Waals surface area contributed by atoms with Crippen molar-refractivity contribution in [1.29, 1.82) is 0 Å². The van der Waals surface area contributed by atoms with Crippen molar-refractivity contribution in [3.8, 4) is 0 Å². The maximum absolute atomic E-state index is 5.59. The first-order valence-corrected chi connectivity index (χ1v) is 4.62. The minimum atomic E-state index is -0.388. The third-order valence-corrected chi connectivity index (χ3v) is 1.84. The van der Waals surface area contributed by atoms with Crippen molar-refractivity contribution in [3.05, 3.63) is 12.2 Å². The molecule has 0 unspecified atom stereocenters. The van der Waals surface area contributed by atoms with Gasteiger partial charge in [-0.2, -0.15) is 0 Å². The predicted molar refractivity (Wildman–Crippen MR) is 49.0 cm³/mol. The highest BCUT2D eigenvalue weighted by molar-refractivity contribution is 4.92. The van der Waals surface area contributed by atoms with Gasteiger partial charge in [0.25, 0.3) is 0 Å². The summed E-state index contributed by atoms with van der Waals surface area (Å²) in [6, 6.07) is 0. The summed E-state index contributed by atoms with van der Waals surface area (Å²) >= 11 is 0. The number of ether oxygens (including phenoxy) is 2. The third kappa shape index (κ3) is 2.95. The lowest BCUT2D eigenvalue weighted by Crippen LogP contribution is -2.20. The van der Waals surface area contributed by atoms with Crippen molar-refractivity contribution in [2.75, 3.05) is 6.61 Å². The van der Waals surface area contributed by atoms with E-state index < -0.39 is 0 Å². The summed E-state index contributed by atoms with van der Waals surface area (Å²) in [6.07, 6.45) is 6.73. The van der Waals surface area contributed by atoms with Gasteiger partial charge in [-0.05, 0) is 20.3 Å². The van der Waals surface area contributed by atoms with Gasteiger partial charge in [-0.1, -0.05) is 25.5 Å². The molecule has 0 saturated carbocycles. The van der Waals surface area contributed by atoms with Crippen LogP contribution in [0.15, 0.2) is 12.2 Å². The third-order valence-electron chi connectivity index (χ3n) is 1.84. The fourth-order valence-corrected chi connectivity index (χ4v) is 1.22. The molecular formula is C10H18O2. The Morgan fingerprint density at radius 3 is 2.75 bits per heavy atom. The van der Waals surface area contributed by atoms with E-state index in [1.54, 1.807) is 0 Å². The number of hydrogen-bond acceptors (Lipinski definition) is 2. The predicted octanol–water partition coefficient (Wildman–Crippen LogP) is 2.49. The van der Waals surface area contributed by atoms with Gasteiger partial charge < -0.3 is 9.47 Å². The van der Waals surface area contributed by atoms with E-state index in [2.05, 4.69) is 19.1 Å². The van der Waals surface area contributed by atoms with Crippen LogP contribution in [0.1, 0.15) is 33.6 Å². The Labute approximate surface area is 74.6 Å². The van der Waals surface area contributed by atoms with Crippen LogP contribution in [0.5, 0.6) is 0 Å². The van der Waals surface area contributed by atoms with Crippen LogP contribution >= 0.6 is 0 Å². The first-order chi connectivity index (χ1) is 5.64. The van der Waals surface area contributed by atoms with Gasteiger partial charge in [0, 0.05) is 0 Å². The van der Waals surface area contributed by atoms with Gasteiger partial charge in [0.15, 0.2) is 5.79 Å². The molecule has 0 radical (unpaired) electrons. The van der Waals surface area contributed by atoms with Crippen molar-refractivity contribution in [2.45, 2.75) is 45.5 Å². The van der Waals surface area contributed by atoms with Crippen LogP contribution < -0.4 is 0 Å². The zero-order valence-electron chi connectivity index (χ0n) is 8.17. The van der Waals surface area contributed by atoms with Crippen LogP contribution in [0.25, 0.3) is 0 Å². The van der Waals surface area contributed by atoms with Gasteiger partial charge in [-0.15, -0.1) is 0 Å². The molecule has 0 aliphatic carbocycles. The van der Waals surface area contributed by atoms with Crippen LogP contribution in [-0.2, 0) is 9.47 Å². The quantitative estimate of drug-likeness (QED) is 0.606. The molecule has 1 atom stereocenters. The van der Waals surface area contributed by atoms with Crippen molar-refractivity contribution < 1.29 is 9.47 Å². The van der Waals surface area contributed by atoms with Gasteiger partial charge in [0.1, 0.15) is 6.10 Å². The first kappa shape index (κ1) is 9.75. The van der Waals surface area contributed by atoms with Crippen molar-refractivity contribution in [1.82, 2.24) is 0 Å². The van der Waals surface area contributed by atoms with Gasteiger partial charge in [-0.25, -0.2) is 0 Å². The molecule has 0 aromatic heterocycles. The Bertz CT molecular complexity index is 161. The second kappa shape index (κ2) is 4.06. The second-order valence-electron chi connectivity index (χ2n) is 3.58. The maximum atomic E-state index is 5.59. The average molecular weight is 170 g/mol. The van der Waals surface area contributed by atoms with E-state index in [0.717, 1.165) is 6.42 Å². The molecule has 70 valence electrons. The fourth-order valence-electron chi connectivity index (χ4n) is 1.22. The molecule has 1 aliphatic rings. The minimum absolute atomic E-state index is 0.159. The van der Waals surface area contributed by atoms with Crippen LogP contribution in [0, 0.1) is 0 Å². The lowest BCUT2D eigenvalue weighted by molar-refractivity contribution is -0.133. The first-order valence-electron chi connectivity index (χ1n) is 4.62. The normalized spacial score (nSPS) is 28.4. The summed E-state index contributed by atoms with van der Waals surface area (Å²) in [7, 11) is 0. The Morgan fingerprint density at radius 1 is 1.50 bits per heavy atom. The van der Waals surface area contributed by atoms with Crippen molar-refractivity contribution in [3.63, 3.8) is 0 Å². The SMILES string of the molecule is CCC/C=C\[C@H]1COC(C)(C)O1. The van der Waals surface area contributed by atoms with E-state index >= 15 is 0 Å². The molecule has 1 heterocycles. The second-order valence-corrected chi connectivity index (χ2v) is 3.58. The van der Waals surface area contributed by atoms with E-state index in [1.165, 1.54) is 6.42 Å². The molecule has 1 saturated heterocycles. The van der Waals surface area contributed by atoms with Crippen molar-refractivity contribution >= 4 is 0 Å². The number of hydrogen-bond donors (Lipinski definition) is 0. The van der Waals surface area contributed by atoms with Gasteiger partial charge in [0.05, 0.1) is 6.61 Å². The topological polar surface area (TPSA) is 18.5 Å². The molecule has 0 spiro atoms. The molecule has 1 fully saturated rings. The standard InChI is InChI=1S/C10H18O2/c1-4-5-6-7-9-8-11-10(2,3)12-9/h6-7,9H,4-5,8H2,1-3H3/b7-6-/t9-/m0/s1. The largest absolute Gasteiger partial charge is 0.347 e.